The van der Waals surface area contributed by atoms with Gasteiger partial charge in [0.15, 0.2) is 17.1 Å². The van der Waals surface area contributed by atoms with E-state index in [9.17, 15) is 9.59 Å². The van der Waals surface area contributed by atoms with Gasteiger partial charge in [-0.05, 0) is 13.8 Å². The Morgan fingerprint density at radius 1 is 1.53 bits per heavy atom. The molecule has 3 heterocycles. The van der Waals surface area contributed by atoms with E-state index in [1.54, 1.807) is 4.40 Å². The molecule has 0 aromatic carbocycles. The quantitative estimate of drug-likeness (QED) is 0.830. The maximum atomic E-state index is 12.0. The summed E-state index contributed by atoms with van der Waals surface area (Å²) in [5.41, 5.74) is -0.209. The molecule has 0 spiro atoms. The number of carbonyl (C=O) groups is 2. The van der Waals surface area contributed by atoms with Crippen LogP contribution in [-0.2, 0) is 4.79 Å². The summed E-state index contributed by atoms with van der Waals surface area (Å²) in [6, 6.07) is 0. The minimum atomic E-state index is -0.708. The van der Waals surface area contributed by atoms with Gasteiger partial charge in [0.25, 0.3) is 0 Å². The Hall–Kier alpha value is -1.89. The minimum Gasteiger partial charge on any atom is -0.352 e. The molecule has 0 unspecified atom stereocenters. The third-order valence-corrected chi connectivity index (χ3v) is 4.25. The molecular formula is C12H14N4O2S. The van der Waals surface area contributed by atoms with E-state index in [0.717, 1.165) is 11.2 Å². The lowest BCUT2D eigenvalue weighted by Crippen LogP contribution is -2.62. The monoisotopic (exact) mass is 278 g/mol. The molecule has 2 aromatic rings. The number of fused-ring (bicyclic) bond motifs is 1. The molecule has 1 amide bonds. The highest BCUT2D eigenvalue weighted by Crippen LogP contribution is 2.29. The van der Waals surface area contributed by atoms with E-state index in [1.807, 2.05) is 30.3 Å². The number of carbonyl (C=O) groups excluding carboxylic acids is 2. The third kappa shape index (κ3) is 1.65. The van der Waals surface area contributed by atoms with Crippen LogP contribution < -0.4 is 10.2 Å². The highest BCUT2D eigenvalue weighted by Gasteiger charge is 2.40. The van der Waals surface area contributed by atoms with Crippen LogP contribution in [0.25, 0.3) is 4.96 Å². The van der Waals surface area contributed by atoms with Gasteiger partial charge in [-0.2, -0.15) is 0 Å². The predicted octanol–water partition coefficient (Wildman–Crippen LogP) is 0.923. The van der Waals surface area contributed by atoms with Gasteiger partial charge in [-0.15, -0.1) is 11.3 Å². The molecule has 0 radical (unpaired) electrons. The van der Waals surface area contributed by atoms with Crippen molar-refractivity contribution in [2.45, 2.75) is 19.4 Å². The van der Waals surface area contributed by atoms with Crippen LogP contribution in [0.2, 0.25) is 0 Å². The first-order chi connectivity index (χ1) is 9.05. The average Bonchev–Trinajstić information content (AvgIpc) is 2.92. The van der Waals surface area contributed by atoms with Crippen molar-refractivity contribution in [1.29, 1.82) is 0 Å². The molecule has 0 aliphatic carbocycles. The number of rotatable bonds is 2. The van der Waals surface area contributed by atoms with Crippen LogP contribution in [0.3, 0.4) is 0 Å². The molecular weight excluding hydrogens is 264 g/mol. The van der Waals surface area contributed by atoms with E-state index in [2.05, 4.69) is 10.3 Å². The molecule has 1 N–H and O–H groups in total. The summed E-state index contributed by atoms with van der Waals surface area (Å²) in [7, 11) is 0. The van der Waals surface area contributed by atoms with Crippen molar-refractivity contribution in [3.8, 4) is 0 Å². The number of anilines is 1. The summed E-state index contributed by atoms with van der Waals surface area (Å²) in [5, 5.41) is 4.72. The second-order valence-corrected chi connectivity index (χ2v) is 5.83. The standard InChI is InChI=1S/C12H14N4O2S/c1-12(2)10(18)13-3-4-16(12)9-8(7-17)15-5-6-19-11(15)14-9/h5-7H,3-4H2,1-2H3,(H,13,18). The van der Waals surface area contributed by atoms with Gasteiger partial charge in [-0.25, -0.2) is 4.98 Å². The predicted molar refractivity (Wildman–Crippen MR) is 72.9 cm³/mol. The topological polar surface area (TPSA) is 66.7 Å². The Morgan fingerprint density at radius 2 is 2.32 bits per heavy atom. The zero-order valence-corrected chi connectivity index (χ0v) is 11.5. The van der Waals surface area contributed by atoms with Gasteiger partial charge in [-0.3, -0.25) is 14.0 Å². The van der Waals surface area contributed by atoms with E-state index in [4.69, 9.17) is 0 Å². The van der Waals surface area contributed by atoms with Crippen molar-refractivity contribution in [3.05, 3.63) is 17.3 Å². The van der Waals surface area contributed by atoms with Gasteiger partial charge in [0.1, 0.15) is 11.2 Å². The number of hydrogen-bond donors (Lipinski definition) is 1. The minimum absolute atomic E-state index is 0.0491. The van der Waals surface area contributed by atoms with Crippen LogP contribution in [0, 0.1) is 0 Å². The summed E-state index contributed by atoms with van der Waals surface area (Å²) in [6.45, 7) is 4.88. The fourth-order valence-corrected chi connectivity index (χ4v) is 3.09. The Balaban J connectivity index is 2.15. The zero-order chi connectivity index (χ0) is 13.6. The van der Waals surface area contributed by atoms with Crippen LogP contribution in [0.15, 0.2) is 11.6 Å². The lowest BCUT2D eigenvalue weighted by atomic mass is 9.99. The smallest absolute Gasteiger partial charge is 0.245 e. The summed E-state index contributed by atoms with van der Waals surface area (Å²) < 4.78 is 1.76. The van der Waals surface area contributed by atoms with Gasteiger partial charge in [0.05, 0.1) is 0 Å². The number of nitrogens with zero attached hydrogens (tertiary/aromatic N) is 3. The number of imidazole rings is 1. The number of thiazole rings is 1. The van der Waals surface area contributed by atoms with Crippen molar-refractivity contribution in [2.75, 3.05) is 18.0 Å². The number of nitrogens with one attached hydrogen (secondary N) is 1. The van der Waals surface area contributed by atoms with Crippen LogP contribution >= 0.6 is 11.3 Å². The van der Waals surface area contributed by atoms with E-state index in [1.165, 1.54) is 11.3 Å². The Morgan fingerprint density at radius 3 is 3.05 bits per heavy atom. The SMILES string of the molecule is CC1(C)C(=O)NCCN1c1nc2sccn2c1C=O. The van der Waals surface area contributed by atoms with E-state index in [0.29, 0.717) is 24.6 Å². The molecule has 1 saturated heterocycles. The zero-order valence-electron chi connectivity index (χ0n) is 10.7. The lowest BCUT2D eigenvalue weighted by Gasteiger charge is -2.41. The van der Waals surface area contributed by atoms with Crippen molar-refractivity contribution in [2.24, 2.45) is 0 Å². The number of amides is 1. The highest BCUT2D eigenvalue weighted by molar-refractivity contribution is 7.15. The van der Waals surface area contributed by atoms with Crippen LogP contribution in [-0.4, -0.2) is 40.2 Å². The molecule has 2 aromatic heterocycles. The number of aromatic nitrogens is 2. The van der Waals surface area contributed by atoms with Gasteiger partial charge in [-0.1, -0.05) is 0 Å². The first-order valence-corrected chi connectivity index (χ1v) is 6.90. The molecule has 7 heteroatoms. The normalized spacial score (nSPS) is 18.6. The van der Waals surface area contributed by atoms with Crippen LogP contribution in [0.4, 0.5) is 5.82 Å². The van der Waals surface area contributed by atoms with Gasteiger partial charge < -0.3 is 10.2 Å². The van der Waals surface area contributed by atoms with Crippen LogP contribution in [0.1, 0.15) is 24.3 Å². The Bertz CT molecular complexity index is 658. The Kier molecular flexibility index (Phi) is 2.60. The number of aldehydes is 1. The average molecular weight is 278 g/mol. The largest absolute Gasteiger partial charge is 0.352 e. The molecule has 0 atom stereocenters. The maximum absolute atomic E-state index is 12.0. The molecule has 1 fully saturated rings. The molecule has 0 bridgehead atoms. The summed E-state index contributed by atoms with van der Waals surface area (Å²) in [5.74, 6) is 0.536. The van der Waals surface area contributed by atoms with E-state index >= 15 is 0 Å². The number of hydrogen-bond acceptors (Lipinski definition) is 5. The fourth-order valence-electron chi connectivity index (χ4n) is 2.37. The third-order valence-electron chi connectivity index (χ3n) is 3.50. The Labute approximate surface area is 114 Å². The first-order valence-electron chi connectivity index (χ1n) is 6.02. The molecule has 100 valence electrons. The molecule has 3 rings (SSSR count). The molecule has 1 aliphatic heterocycles. The van der Waals surface area contributed by atoms with Crippen molar-refractivity contribution in [3.63, 3.8) is 0 Å². The number of piperazine rings is 1. The van der Waals surface area contributed by atoms with Crippen molar-refractivity contribution >= 4 is 34.3 Å². The summed E-state index contributed by atoms with van der Waals surface area (Å²) in [6.07, 6.45) is 2.61. The molecule has 19 heavy (non-hydrogen) atoms. The summed E-state index contributed by atoms with van der Waals surface area (Å²) in [4.78, 5) is 30.5. The van der Waals surface area contributed by atoms with Crippen molar-refractivity contribution in [1.82, 2.24) is 14.7 Å². The van der Waals surface area contributed by atoms with Crippen molar-refractivity contribution < 1.29 is 9.59 Å². The molecule has 6 nitrogen and oxygen atoms in total. The molecule has 1 aliphatic rings. The van der Waals surface area contributed by atoms with Gasteiger partial charge in [0, 0.05) is 24.7 Å². The second-order valence-electron chi connectivity index (χ2n) is 4.96. The van der Waals surface area contributed by atoms with Gasteiger partial charge in [0.2, 0.25) is 5.91 Å². The highest BCUT2D eigenvalue weighted by atomic mass is 32.1. The fraction of sp³-hybridized carbons (Fsp3) is 0.417. The van der Waals surface area contributed by atoms with E-state index in [-0.39, 0.29) is 5.91 Å². The first kappa shape index (κ1) is 12.2. The van der Waals surface area contributed by atoms with E-state index < -0.39 is 5.54 Å². The lowest BCUT2D eigenvalue weighted by molar-refractivity contribution is -0.126. The molecule has 0 saturated carbocycles. The van der Waals surface area contributed by atoms with Crippen LogP contribution in [0.5, 0.6) is 0 Å². The summed E-state index contributed by atoms with van der Waals surface area (Å²) >= 11 is 1.47. The second kappa shape index (κ2) is 4.06. The maximum Gasteiger partial charge on any atom is 0.245 e. The van der Waals surface area contributed by atoms with Gasteiger partial charge >= 0.3 is 0 Å².